The zero-order valence-corrected chi connectivity index (χ0v) is 12.2. The molecule has 114 valence electrons. The molecule has 1 aromatic heterocycles. The van der Waals surface area contributed by atoms with E-state index >= 15 is 0 Å². The largest absolute Gasteiger partial charge is 0.467 e. The molecule has 1 saturated heterocycles. The molecular weight excluding hydrogens is 284 g/mol. The van der Waals surface area contributed by atoms with Crippen LogP contribution in [0.3, 0.4) is 0 Å². The molecule has 1 aromatic carbocycles. The summed E-state index contributed by atoms with van der Waals surface area (Å²) < 4.78 is 10.1. The molecule has 22 heavy (non-hydrogen) atoms. The number of carbonyl (C=O) groups excluding carboxylic acids is 2. The highest BCUT2D eigenvalue weighted by atomic mass is 16.6. The second-order valence-electron chi connectivity index (χ2n) is 5.05. The van der Waals surface area contributed by atoms with Crippen LogP contribution >= 0.6 is 0 Å². The van der Waals surface area contributed by atoms with Crippen LogP contribution in [0.5, 0.6) is 0 Å². The molecular formula is C16H16N2O4. The van der Waals surface area contributed by atoms with Crippen molar-refractivity contribution in [3.05, 3.63) is 54.0 Å². The summed E-state index contributed by atoms with van der Waals surface area (Å²) in [5, 5.41) is 0. The summed E-state index contributed by atoms with van der Waals surface area (Å²) in [4.78, 5) is 27.0. The average molecular weight is 300 g/mol. The van der Waals surface area contributed by atoms with Gasteiger partial charge in [0.1, 0.15) is 12.4 Å². The van der Waals surface area contributed by atoms with Gasteiger partial charge >= 0.3 is 6.09 Å². The Morgan fingerprint density at radius 1 is 1.27 bits per heavy atom. The first-order valence-corrected chi connectivity index (χ1v) is 6.97. The van der Waals surface area contributed by atoms with Crippen LogP contribution in [-0.4, -0.2) is 37.1 Å². The number of hydrogen-bond donors (Lipinski definition) is 0. The molecule has 6 nitrogen and oxygen atoms in total. The molecule has 2 amide bonds. The predicted molar refractivity (Wildman–Crippen MR) is 79.6 cm³/mol. The SMILES string of the molecule is CN(Cc1ccco1)C(=O)c1ccc(N2CCOC2=O)cc1. The van der Waals surface area contributed by atoms with E-state index in [4.69, 9.17) is 9.15 Å². The van der Waals surface area contributed by atoms with Crippen molar-refractivity contribution in [1.29, 1.82) is 0 Å². The van der Waals surface area contributed by atoms with Crippen LogP contribution in [0.1, 0.15) is 16.1 Å². The summed E-state index contributed by atoms with van der Waals surface area (Å²) in [7, 11) is 1.72. The molecule has 0 saturated carbocycles. The van der Waals surface area contributed by atoms with Gasteiger partial charge in [0.15, 0.2) is 0 Å². The molecule has 3 rings (SSSR count). The van der Waals surface area contributed by atoms with Gasteiger partial charge in [-0.05, 0) is 36.4 Å². The summed E-state index contributed by atoms with van der Waals surface area (Å²) in [5.74, 6) is 0.624. The maximum atomic E-state index is 12.3. The van der Waals surface area contributed by atoms with Crippen molar-refractivity contribution >= 4 is 17.7 Å². The van der Waals surface area contributed by atoms with E-state index in [0.29, 0.717) is 25.3 Å². The van der Waals surface area contributed by atoms with Gasteiger partial charge < -0.3 is 14.1 Å². The number of anilines is 1. The van der Waals surface area contributed by atoms with Gasteiger partial charge in [-0.2, -0.15) is 0 Å². The van der Waals surface area contributed by atoms with Gasteiger partial charge in [0.2, 0.25) is 0 Å². The zero-order valence-electron chi connectivity index (χ0n) is 12.2. The molecule has 0 spiro atoms. The van der Waals surface area contributed by atoms with E-state index in [9.17, 15) is 9.59 Å². The van der Waals surface area contributed by atoms with Gasteiger partial charge in [0.05, 0.1) is 19.4 Å². The molecule has 0 aliphatic carbocycles. The first kappa shape index (κ1) is 14.2. The molecule has 2 aromatic rings. The molecule has 2 heterocycles. The number of amides is 2. The Labute approximate surface area is 127 Å². The average Bonchev–Trinajstić information content (AvgIpc) is 3.18. The molecule has 1 aliphatic rings. The zero-order chi connectivity index (χ0) is 15.5. The Morgan fingerprint density at radius 3 is 2.64 bits per heavy atom. The highest BCUT2D eigenvalue weighted by Gasteiger charge is 2.23. The first-order valence-electron chi connectivity index (χ1n) is 6.97. The van der Waals surface area contributed by atoms with Gasteiger partial charge in [-0.25, -0.2) is 4.79 Å². The van der Waals surface area contributed by atoms with Gasteiger partial charge in [-0.1, -0.05) is 0 Å². The lowest BCUT2D eigenvalue weighted by Gasteiger charge is -2.17. The number of carbonyl (C=O) groups is 2. The van der Waals surface area contributed by atoms with Crippen molar-refractivity contribution < 1.29 is 18.7 Å². The highest BCUT2D eigenvalue weighted by Crippen LogP contribution is 2.20. The van der Waals surface area contributed by atoms with Crippen LogP contribution in [-0.2, 0) is 11.3 Å². The van der Waals surface area contributed by atoms with E-state index in [1.54, 1.807) is 53.4 Å². The monoisotopic (exact) mass is 300 g/mol. The number of benzene rings is 1. The Bertz CT molecular complexity index is 664. The van der Waals surface area contributed by atoms with E-state index in [1.165, 1.54) is 0 Å². The predicted octanol–water partition coefficient (Wildman–Crippen LogP) is 2.51. The number of ether oxygens (including phenoxy) is 1. The molecule has 0 unspecified atom stereocenters. The summed E-state index contributed by atoms with van der Waals surface area (Å²) in [6, 6.07) is 10.5. The highest BCUT2D eigenvalue weighted by molar-refractivity contribution is 5.95. The minimum Gasteiger partial charge on any atom is -0.467 e. The standard InChI is InChI=1S/C16H16N2O4/c1-17(11-14-3-2-9-21-14)15(19)12-4-6-13(7-5-12)18-8-10-22-16(18)20/h2-7,9H,8,10-11H2,1H3. The third-order valence-corrected chi connectivity index (χ3v) is 3.51. The van der Waals surface area contributed by atoms with Crippen molar-refractivity contribution in [1.82, 2.24) is 4.90 Å². The Kier molecular flexibility index (Phi) is 3.82. The molecule has 0 radical (unpaired) electrons. The number of nitrogens with zero attached hydrogens (tertiary/aromatic N) is 2. The van der Waals surface area contributed by atoms with Crippen molar-refractivity contribution in [2.24, 2.45) is 0 Å². The minimum atomic E-state index is -0.353. The van der Waals surface area contributed by atoms with Gasteiger partial charge in [-0.15, -0.1) is 0 Å². The second kappa shape index (κ2) is 5.93. The van der Waals surface area contributed by atoms with Crippen LogP contribution in [0.2, 0.25) is 0 Å². The van der Waals surface area contributed by atoms with E-state index in [0.717, 1.165) is 11.4 Å². The molecule has 1 aliphatic heterocycles. The normalized spacial score (nSPS) is 14.0. The van der Waals surface area contributed by atoms with Crippen LogP contribution in [0.25, 0.3) is 0 Å². The summed E-state index contributed by atoms with van der Waals surface area (Å²) >= 11 is 0. The van der Waals surface area contributed by atoms with Crippen molar-refractivity contribution in [2.45, 2.75) is 6.54 Å². The van der Waals surface area contributed by atoms with Crippen molar-refractivity contribution in [3.8, 4) is 0 Å². The van der Waals surface area contributed by atoms with Gasteiger partial charge in [0, 0.05) is 18.3 Å². The fourth-order valence-electron chi connectivity index (χ4n) is 2.34. The Hall–Kier alpha value is -2.76. The first-order chi connectivity index (χ1) is 10.6. The summed E-state index contributed by atoms with van der Waals surface area (Å²) in [6.07, 6.45) is 1.23. The number of hydrogen-bond acceptors (Lipinski definition) is 4. The summed E-state index contributed by atoms with van der Waals surface area (Å²) in [5.41, 5.74) is 1.29. The van der Waals surface area contributed by atoms with E-state index in [2.05, 4.69) is 0 Å². The molecule has 0 atom stereocenters. The smallest absolute Gasteiger partial charge is 0.414 e. The number of furan rings is 1. The summed E-state index contributed by atoms with van der Waals surface area (Å²) in [6.45, 7) is 1.34. The minimum absolute atomic E-state index is 0.105. The second-order valence-corrected chi connectivity index (χ2v) is 5.05. The fraction of sp³-hybridized carbons (Fsp3) is 0.250. The number of rotatable bonds is 4. The molecule has 0 N–H and O–H groups in total. The molecule has 1 fully saturated rings. The Balaban J connectivity index is 1.69. The fourth-order valence-corrected chi connectivity index (χ4v) is 2.34. The molecule has 6 heteroatoms. The van der Waals surface area contributed by atoms with Crippen molar-refractivity contribution in [3.63, 3.8) is 0 Å². The van der Waals surface area contributed by atoms with Crippen LogP contribution < -0.4 is 4.90 Å². The Morgan fingerprint density at radius 2 is 2.05 bits per heavy atom. The number of cyclic esters (lactones) is 1. The maximum absolute atomic E-state index is 12.3. The lowest BCUT2D eigenvalue weighted by Crippen LogP contribution is -2.26. The van der Waals surface area contributed by atoms with E-state index in [1.807, 2.05) is 6.07 Å². The third-order valence-electron chi connectivity index (χ3n) is 3.51. The topological polar surface area (TPSA) is 63.0 Å². The van der Waals surface area contributed by atoms with Gasteiger partial charge in [0.25, 0.3) is 5.91 Å². The third kappa shape index (κ3) is 2.81. The van der Waals surface area contributed by atoms with Crippen molar-refractivity contribution in [2.75, 3.05) is 25.1 Å². The maximum Gasteiger partial charge on any atom is 0.414 e. The van der Waals surface area contributed by atoms with Crippen LogP contribution in [0, 0.1) is 0 Å². The lowest BCUT2D eigenvalue weighted by molar-refractivity contribution is 0.0775. The lowest BCUT2D eigenvalue weighted by atomic mass is 10.1. The van der Waals surface area contributed by atoms with Crippen LogP contribution in [0.4, 0.5) is 10.5 Å². The van der Waals surface area contributed by atoms with E-state index < -0.39 is 0 Å². The van der Waals surface area contributed by atoms with E-state index in [-0.39, 0.29) is 12.0 Å². The van der Waals surface area contributed by atoms with Crippen LogP contribution in [0.15, 0.2) is 47.1 Å². The quantitative estimate of drug-likeness (QED) is 0.870. The van der Waals surface area contributed by atoms with Gasteiger partial charge in [-0.3, -0.25) is 9.69 Å². The molecule has 0 bridgehead atoms.